The van der Waals surface area contributed by atoms with Crippen LogP contribution in [0.2, 0.25) is 0 Å². The zero-order valence-corrected chi connectivity index (χ0v) is 13.5. The van der Waals surface area contributed by atoms with Crippen molar-refractivity contribution >= 4 is 23.5 Å². The summed E-state index contributed by atoms with van der Waals surface area (Å²) in [5.41, 5.74) is 1.97. The third-order valence-corrected chi connectivity index (χ3v) is 5.02. The number of hydrogen-bond acceptors (Lipinski definition) is 3. The van der Waals surface area contributed by atoms with Gasteiger partial charge in [0.25, 0.3) is 0 Å². The fourth-order valence-electron chi connectivity index (χ4n) is 3.48. The van der Waals surface area contributed by atoms with Crippen LogP contribution in [0.4, 0.5) is 5.69 Å². The summed E-state index contributed by atoms with van der Waals surface area (Å²) in [6.07, 6.45) is 2.54. The molecule has 1 aromatic rings. The Morgan fingerprint density at radius 2 is 1.92 bits per heavy atom. The van der Waals surface area contributed by atoms with Crippen molar-refractivity contribution in [3.8, 4) is 0 Å². The number of hydrogen-bond donors (Lipinski definition) is 2. The van der Waals surface area contributed by atoms with Gasteiger partial charge >= 0.3 is 5.97 Å². The molecule has 6 heteroatoms. The van der Waals surface area contributed by atoms with Gasteiger partial charge in [0, 0.05) is 31.1 Å². The van der Waals surface area contributed by atoms with Gasteiger partial charge in [0.2, 0.25) is 11.8 Å². The number of carbonyl (C=O) groups excluding carboxylic acids is 2. The number of carboxylic acid groups (broad SMARTS) is 1. The molecule has 1 atom stereocenters. The predicted octanol–water partition coefficient (Wildman–Crippen LogP) is 1.90. The van der Waals surface area contributed by atoms with E-state index in [0.29, 0.717) is 45.2 Å². The van der Waals surface area contributed by atoms with Crippen LogP contribution in [0.25, 0.3) is 0 Å². The highest BCUT2D eigenvalue weighted by Crippen LogP contribution is 2.28. The summed E-state index contributed by atoms with van der Waals surface area (Å²) in [7, 11) is 0. The molecule has 1 saturated heterocycles. The number of aliphatic carboxylic acids is 1. The maximum atomic E-state index is 12.3. The normalized spacial score (nSPS) is 21.1. The highest BCUT2D eigenvalue weighted by Gasteiger charge is 2.29. The van der Waals surface area contributed by atoms with Crippen LogP contribution >= 0.6 is 0 Å². The van der Waals surface area contributed by atoms with Crippen LogP contribution in [0.5, 0.6) is 0 Å². The molecule has 1 fully saturated rings. The van der Waals surface area contributed by atoms with Crippen LogP contribution in [-0.2, 0) is 20.8 Å². The van der Waals surface area contributed by atoms with Gasteiger partial charge in [0.1, 0.15) is 0 Å². The Morgan fingerprint density at radius 1 is 1.21 bits per heavy atom. The number of carboxylic acids is 1. The van der Waals surface area contributed by atoms with Crippen LogP contribution in [0, 0.1) is 11.8 Å². The molecular weight excluding hydrogens is 308 g/mol. The Balaban J connectivity index is 1.50. The highest BCUT2D eigenvalue weighted by atomic mass is 16.4. The summed E-state index contributed by atoms with van der Waals surface area (Å²) >= 11 is 0. The first-order chi connectivity index (χ1) is 11.5. The molecule has 3 rings (SSSR count). The van der Waals surface area contributed by atoms with E-state index in [0.717, 1.165) is 11.3 Å². The number of carbonyl (C=O) groups is 3. The van der Waals surface area contributed by atoms with E-state index in [1.807, 2.05) is 24.3 Å². The number of anilines is 1. The maximum absolute atomic E-state index is 12.3. The second-order valence-corrected chi connectivity index (χ2v) is 6.58. The molecule has 2 N–H and O–H groups in total. The van der Waals surface area contributed by atoms with E-state index in [9.17, 15) is 14.4 Å². The molecule has 24 heavy (non-hydrogen) atoms. The second-order valence-electron chi connectivity index (χ2n) is 6.58. The Kier molecular flexibility index (Phi) is 4.83. The first-order valence-corrected chi connectivity index (χ1v) is 8.44. The number of nitrogens with zero attached hydrogens (tertiary/aromatic N) is 1. The third-order valence-electron chi connectivity index (χ3n) is 5.02. The van der Waals surface area contributed by atoms with Crippen molar-refractivity contribution in [1.82, 2.24) is 4.90 Å². The quantitative estimate of drug-likeness (QED) is 0.883. The summed E-state index contributed by atoms with van der Waals surface area (Å²) in [4.78, 5) is 37.2. The van der Waals surface area contributed by atoms with Gasteiger partial charge in [-0.2, -0.15) is 0 Å². The van der Waals surface area contributed by atoms with Crippen molar-refractivity contribution in [2.24, 2.45) is 11.8 Å². The standard InChI is InChI=1S/C18H22N2O4/c21-16(20-9-7-12(8-10-20)18(23)24)6-5-14-11-13-3-1-2-4-15(13)19-17(14)22/h1-4,12,14H,5-11H2,(H,19,22)(H,23,24)/t14-/m1/s1. The molecule has 0 aromatic heterocycles. The zero-order valence-electron chi connectivity index (χ0n) is 13.5. The molecule has 0 spiro atoms. The first kappa shape index (κ1) is 16.5. The summed E-state index contributed by atoms with van der Waals surface area (Å²) in [5, 5.41) is 11.9. The van der Waals surface area contributed by atoms with E-state index in [2.05, 4.69) is 5.32 Å². The number of fused-ring (bicyclic) bond motifs is 1. The van der Waals surface area contributed by atoms with Gasteiger partial charge in [-0.15, -0.1) is 0 Å². The number of rotatable bonds is 4. The van der Waals surface area contributed by atoms with E-state index < -0.39 is 5.97 Å². The predicted molar refractivity (Wildman–Crippen MR) is 88.4 cm³/mol. The smallest absolute Gasteiger partial charge is 0.306 e. The highest BCUT2D eigenvalue weighted by molar-refractivity contribution is 5.96. The van der Waals surface area contributed by atoms with Crippen molar-refractivity contribution in [2.75, 3.05) is 18.4 Å². The van der Waals surface area contributed by atoms with Gasteiger partial charge in [-0.3, -0.25) is 14.4 Å². The van der Waals surface area contributed by atoms with Crippen molar-refractivity contribution in [3.05, 3.63) is 29.8 Å². The Morgan fingerprint density at radius 3 is 2.62 bits per heavy atom. The molecule has 0 radical (unpaired) electrons. The van der Waals surface area contributed by atoms with Crippen LogP contribution in [-0.4, -0.2) is 40.9 Å². The SMILES string of the molecule is O=C(O)C1CCN(C(=O)CC[C@@H]2Cc3ccccc3NC2=O)CC1. The molecule has 128 valence electrons. The second kappa shape index (κ2) is 7.03. The molecule has 0 bridgehead atoms. The summed E-state index contributed by atoms with van der Waals surface area (Å²) in [5.74, 6) is -1.30. The first-order valence-electron chi connectivity index (χ1n) is 8.44. The van der Waals surface area contributed by atoms with E-state index in [1.54, 1.807) is 4.90 Å². The largest absolute Gasteiger partial charge is 0.481 e. The molecule has 6 nitrogen and oxygen atoms in total. The summed E-state index contributed by atoms with van der Waals surface area (Å²) in [6, 6.07) is 7.73. The van der Waals surface area contributed by atoms with Gasteiger partial charge in [0.05, 0.1) is 5.92 Å². The molecule has 2 heterocycles. The van der Waals surface area contributed by atoms with Crippen LogP contribution in [0.15, 0.2) is 24.3 Å². The summed E-state index contributed by atoms with van der Waals surface area (Å²) < 4.78 is 0. The molecular formula is C18H22N2O4. The number of para-hydroxylation sites is 1. The molecule has 0 saturated carbocycles. The number of nitrogens with one attached hydrogen (secondary N) is 1. The lowest BCUT2D eigenvalue weighted by Crippen LogP contribution is -2.40. The Labute approximate surface area is 140 Å². The van der Waals surface area contributed by atoms with E-state index in [4.69, 9.17) is 5.11 Å². The van der Waals surface area contributed by atoms with Crippen molar-refractivity contribution in [2.45, 2.75) is 32.1 Å². The van der Waals surface area contributed by atoms with Gasteiger partial charge in [-0.05, 0) is 37.3 Å². The monoisotopic (exact) mass is 330 g/mol. The van der Waals surface area contributed by atoms with Crippen molar-refractivity contribution in [1.29, 1.82) is 0 Å². The van der Waals surface area contributed by atoms with Gasteiger partial charge < -0.3 is 15.3 Å². The number of benzene rings is 1. The minimum Gasteiger partial charge on any atom is -0.481 e. The summed E-state index contributed by atoms with van der Waals surface area (Å²) in [6.45, 7) is 0.991. The minimum absolute atomic E-state index is 0.0190. The Bertz CT molecular complexity index is 650. The van der Waals surface area contributed by atoms with E-state index in [1.165, 1.54) is 0 Å². The van der Waals surface area contributed by atoms with Crippen LogP contribution < -0.4 is 5.32 Å². The van der Waals surface area contributed by atoms with Crippen LogP contribution in [0.1, 0.15) is 31.2 Å². The number of likely N-dealkylation sites (tertiary alicyclic amines) is 1. The molecule has 2 aliphatic rings. The fraction of sp³-hybridized carbons (Fsp3) is 0.500. The Hall–Kier alpha value is -2.37. The van der Waals surface area contributed by atoms with Crippen molar-refractivity contribution in [3.63, 3.8) is 0 Å². The molecule has 0 aliphatic carbocycles. The van der Waals surface area contributed by atoms with Gasteiger partial charge in [-0.25, -0.2) is 0 Å². The lowest BCUT2D eigenvalue weighted by molar-refractivity contribution is -0.145. The lowest BCUT2D eigenvalue weighted by Gasteiger charge is -2.31. The molecule has 2 amide bonds. The van der Waals surface area contributed by atoms with E-state index >= 15 is 0 Å². The van der Waals surface area contributed by atoms with Crippen LogP contribution in [0.3, 0.4) is 0 Å². The molecule has 1 aromatic carbocycles. The van der Waals surface area contributed by atoms with Crippen molar-refractivity contribution < 1.29 is 19.5 Å². The van der Waals surface area contributed by atoms with E-state index in [-0.39, 0.29) is 23.7 Å². The minimum atomic E-state index is -0.778. The number of amides is 2. The zero-order chi connectivity index (χ0) is 17.1. The average molecular weight is 330 g/mol. The van der Waals surface area contributed by atoms with Gasteiger partial charge in [0.15, 0.2) is 0 Å². The maximum Gasteiger partial charge on any atom is 0.306 e. The average Bonchev–Trinajstić information content (AvgIpc) is 2.59. The molecule has 0 unspecified atom stereocenters. The number of piperidine rings is 1. The van der Waals surface area contributed by atoms with Gasteiger partial charge in [-0.1, -0.05) is 18.2 Å². The fourth-order valence-corrected chi connectivity index (χ4v) is 3.48. The lowest BCUT2D eigenvalue weighted by atomic mass is 9.89. The third kappa shape index (κ3) is 3.58. The topological polar surface area (TPSA) is 86.7 Å². The molecule has 2 aliphatic heterocycles.